The van der Waals surface area contributed by atoms with Gasteiger partial charge < -0.3 is 9.47 Å². The number of hydrogen-bond acceptors (Lipinski definition) is 5. The molecule has 1 amide bonds. The van der Waals surface area contributed by atoms with Crippen molar-refractivity contribution in [3.05, 3.63) is 144 Å². The molecule has 4 aromatic rings. The van der Waals surface area contributed by atoms with Gasteiger partial charge in [0.15, 0.2) is 11.6 Å². The Bertz CT molecular complexity index is 1430. The van der Waals surface area contributed by atoms with Crippen LogP contribution < -0.4 is 0 Å². The number of ether oxygens (including phenoxy) is 2. The fourth-order valence-corrected chi connectivity index (χ4v) is 5.94. The van der Waals surface area contributed by atoms with E-state index < -0.39 is 23.8 Å². The maximum absolute atomic E-state index is 14.2. The number of amides is 1. The molecule has 1 spiro atoms. The number of esters is 1. The summed E-state index contributed by atoms with van der Waals surface area (Å²) in [6.07, 6.45) is -0.727. The van der Waals surface area contributed by atoms with Crippen LogP contribution in [-0.4, -0.2) is 40.5 Å². The molecule has 2 aliphatic rings. The second-order valence-corrected chi connectivity index (χ2v) is 10.5. The molecule has 3 atom stereocenters. The van der Waals surface area contributed by atoms with Crippen LogP contribution in [0.4, 0.5) is 4.79 Å². The average Bonchev–Trinajstić information content (AvgIpc) is 3.43. The van der Waals surface area contributed by atoms with Crippen molar-refractivity contribution >= 4 is 12.1 Å². The minimum absolute atomic E-state index is 0.118. The van der Waals surface area contributed by atoms with Gasteiger partial charge in [0.1, 0.15) is 12.6 Å². The number of hydrogen-bond donors (Lipinski definition) is 0. The van der Waals surface area contributed by atoms with Crippen LogP contribution in [0.25, 0.3) is 0 Å². The minimum Gasteiger partial charge on any atom is -0.453 e. The second kappa shape index (κ2) is 11.4. The first-order valence-electron chi connectivity index (χ1n) is 13.7. The Morgan fingerprint density at radius 3 is 1.95 bits per heavy atom. The molecule has 40 heavy (non-hydrogen) atoms. The number of likely N-dealkylation sites (tertiary alicyclic amines) is 1. The third kappa shape index (κ3) is 5.10. The number of rotatable bonds is 6. The summed E-state index contributed by atoms with van der Waals surface area (Å²) in [6, 6.07) is 38.7. The molecule has 2 aliphatic heterocycles. The summed E-state index contributed by atoms with van der Waals surface area (Å²) in [5, 5.41) is 0. The van der Waals surface area contributed by atoms with E-state index in [2.05, 4.69) is 17.0 Å². The van der Waals surface area contributed by atoms with Crippen molar-refractivity contribution in [1.82, 2.24) is 9.80 Å². The third-order valence-corrected chi connectivity index (χ3v) is 7.89. The van der Waals surface area contributed by atoms with E-state index in [1.54, 1.807) is 4.90 Å². The fourth-order valence-electron chi connectivity index (χ4n) is 5.94. The Hall–Kier alpha value is -4.42. The number of carbonyl (C=O) groups is 2. The Kier molecular flexibility index (Phi) is 7.34. The highest BCUT2D eigenvalue weighted by molar-refractivity contribution is 5.88. The van der Waals surface area contributed by atoms with E-state index in [4.69, 9.17) is 9.47 Å². The molecular formula is C34H32N2O4. The standard InChI is InChI=1S/C34H32N2O4/c37-32-34(21-22-35(25-34)23-26-13-5-1-6-14-26)36(33(38)39-24-27-15-7-2-8-16-27)30(28-17-9-3-10-18-28)31(40-32)29-19-11-4-12-20-29/h1-20,30-31H,21-25H2/t30?,31?,34-/m0/s1. The van der Waals surface area contributed by atoms with Crippen LogP contribution >= 0.6 is 0 Å². The van der Waals surface area contributed by atoms with Gasteiger partial charge in [-0.1, -0.05) is 121 Å². The highest BCUT2D eigenvalue weighted by Gasteiger charge is 2.61. The van der Waals surface area contributed by atoms with Gasteiger partial charge in [0, 0.05) is 19.6 Å². The first kappa shape index (κ1) is 25.8. The second-order valence-electron chi connectivity index (χ2n) is 10.5. The molecule has 0 radical (unpaired) electrons. The number of nitrogens with zero attached hydrogens (tertiary/aromatic N) is 2. The summed E-state index contributed by atoms with van der Waals surface area (Å²) in [5.74, 6) is -0.388. The van der Waals surface area contributed by atoms with Crippen LogP contribution in [0.15, 0.2) is 121 Å². The molecule has 6 rings (SSSR count). The minimum atomic E-state index is -1.17. The van der Waals surface area contributed by atoms with Crippen LogP contribution in [0, 0.1) is 0 Å². The summed E-state index contributed by atoms with van der Waals surface area (Å²) < 4.78 is 12.3. The number of cyclic esters (lactones) is 1. The zero-order valence-corrected chi connectivity index (χ0v) is 22.3. The molecule has 0 bridgehead atoms. The van der Waals surface area contributed by atoms with E-state index in [1.165, 1.54) is 0 Å². The van der Waals surface area contributed by atoms with E-state index in [0.717, 1.165) is 22.3 Å². The number of carbonyl (C=O) groups excluding carboxylic acids is 2. The summed E-state index contributed by atoms with van der Waals surface area (Å²) >= 11 is 0. The number of benzene rings is 4. The van der Waals surface area contributed by atoms with Crippen LogP contribution in [0.1, 0.15) is 40.8 Å². The van der Waals surface area contributed by atoms with Gasteiger partial charge in [-0.25, -0.2) is 9.59 Å². The molecule has 202 valence electrons. The quantitative estimate of drug-likeness (QED) is 0.273. The Balaban J connectivity index is 1.40. The highest BCUT2D eigenvalue weighted by atomic mass is 16.6. The van der Waals surface area contributed by atoms with Gasteiger partial charge in [-0.15, -0.1) is 0 Å². The molecule has 0 aliphatic carbocycles. The third-order valence-electron chi connectivity index (χ3n) is 7.89. The highest BCUT2D eigenvalue weighted by Crippen LogP contribution is 2.49. The molecule has 0 N–H and O–H groups in total. The van der Waals surface area contributed by atoms with Crippen LogP contribution in [-0.2, 0) is 27.4 Å². The Morgan fingerprint density at radius 1 is 0.775 bits per heavy atom. The molecule has 2 saturated heterocycles. The van der Waals surface area contributed by atoms with Crippen molar-refractivity contribution in [1.29, 1.82) is 0 Å². The maximum atomic E-state index is 14.2. The molecule has 2 unspecified atom stereocenters. The lowest BCUT2D eigenvalue weighted by molar-refractivity contribution is -0.185. The SMILES string of the molecule is O=C(OCc1ccccc1)N1C(c2ccccc2)C(c2ccccc2)OC(=O)[C@@]12CCN(Cc1ccccc1)C2. The predicted molar refractivity (Wildman–Crippen MR) is 152 cm³/mol. The topological polar surface area (TPSA) is 59.1 Å². The van der Waals surface area contributed by atoms with Gasteiger partial charge in [0.2, 0.25) is 0 Å². The molecule has 2 heterocycles. The smallest absolute Gasteiger partial charge is 0.411 e. The van der Waals surface area contributed by atoms with E-state index in [-0.39, 0.29) is 12.6 Å². The van der Waals surface area contributed by atoms with E-state index >= 15 is 0 Å². The predicted octanol–water partition coefficient (Wildman–Crippen LogP) is 6.31. The molecule has 2 fully saturated rings. The lowest BCUT2D eigenvalue weighted by atomic mass is 9.85. The normalized spacial score (nSPS) is 22.7. The first-order valence-corrected chi connectivity index (χ1v) is 13.7. The summed E-state index contributed by atoms with van der Waals surface area (Å²) in [4.78, 5) is 32.2. The lowest BCUT2D eigenvalue weighted by Crippen LogP contribution is -2.64. The Morgan fingerprint density at radius 2 is 1.32 bits per heavy atom. The summed E-state index contributed by atoms with van der Waals surface area (Å²) in [6.45, 7) is 1.82. The Labute approximate surface area is 234 Å². The van der Waals surface area contributed by atoms with Crippen molar-refractivity contribution in [3.63, 3.8) is 0 Å². The maximum Gasteiger partial charge on any atom is 0.411 e. The largest absolute Gasteiger partial charge is 0.453 e. The fraction of sp³-hybridized carbons (Fsp3) is 0.235. The van der Waals surface area contributed by atoms with Gasteiger partial charge in [0.25, 0.3) is 0 Å². The van der Waals surface area contributed by atoms with Crippen molar-refractivity contribution in [2.75, 3.05) is 13.1 Å². The lowest BCUT2D eigenvalue weighted by Gasteiger charge is -2.50. The molecule has 4 aromatic carbocycles. The monoisotopic (exact) mass is 532 g/mol. The van der Waals surface area contributed by atoms with E-state index in [0.29, 0.717) is 26.1 Å². The number of morpholine rings is 1. The van der Waals surface area contributed by atoms with Crippen molar-refractivity contribution in [2.24, 2.45) is 0 Å². The molecule has 6 nitrogen and oxygen atoms in total. The molecule has 6 heteroatoms. The van der Waals surface area contributed by atoms with Crippen molar-refractivity contribution in [2.45, 2.75) is 37.3 Å². The summed E-state index contributed by atoms with van der Waals surface area (Å²) in [7, 11) is 0. The zero-order valence-electron chi connectivity index (χ0n) is 22.3. The summed E-state index contributed by atoms with van der Waals surface area (Å²) in [5.41, 5.74) is 2.59. The van der Waals surface area contributed by atoms with Crippen molar-refractivity contribution in [3.8, 4) is 0 Å². The zero-order chi connectivity index (χ0) is 27.4. The van der Waals surface area contributed by atoms with Gasteiger partial charge in [-0.05, 0) is 28.7 Å². The van der Waals surface area contributed by atoms with E-state index in [9.17, 15) is 9.59 Å². The van der Waals surface area contributed by atoms with Gasteiger partial charge >= 0.3 is 12.1 Å². The first-order chi connectivity index (χ1) is 19.6. The van der Waals surface area contributed by atoms with Crippen LogP contribution in [0.3, 0.4) is 0 Å². The van der Waals surface area contributed by atoms with Gasteiger partial charge in [-0.3, -0.25) is 9.80 Å². The van der Waals surface area contributed by atoms with Crippen molar-refractivity contribution < 1.29 is 19.1 Å². The molecular weight excluding hydrogens is 500 g/mol. The van der Waals surface area contributed by atoms with Crippen LogP contribution in [0.2, 0.25) is 0 Å². The van der Waals surface area contributed by atoms with Gasteiger partial charge in [-0.2, -0.15) is 0 Å². The van der Waals surface area contributed by atoms with E-state index in [1.807, 2.05) is 109 Å². The van der Waals surface area contributed by atoms with Crippen LogP contribution in [0.5, 0.6) is 0 Å². The average molecular weight is 533 g/mol. The van der Waals surface area contributed by atoms with Gasteiger partial charge in [0.05, 0.1) is 0 Å². The molecule has 0 aromatic heterocycles. The molecule has 0 saturated carbocycles.